The third-order valence-electron chi connectivity index (χ3n) is 5.44. The molecule has 38 heavy (non-hydrogen) atoms. The predicted molar refractivity (Wildman–Crippen MR) is 156 cm³/mol. The zero-order valence-corrected chi connectivity index (χ0v) is 23.9. The summed E-state index contributed by atoms with van der Waals surface area (Å²) >= 11 is 6.78. The van der Waals surface area contributed by atoms with Crippen LogP contribution in [-0.2, 0) is 14.3 Å². The van der Waals surface area contributed by atoms with Crippen molar-refractivity contribution < 1.29 is 24.2 Å². The van der Waals surface area contributed by atoms with E-state index in [9.17, 15) is 14.7 Å². The number of phenolic OH excluding ortho intramolecular Hbond substituents is 1. The molecule has 0 fully saturated rings. The van der Waals surface area contributed by atoms with Crippen molar-refractivity contribution in [3.05, 3.63) is 93.4 Å². The number of para-hydroxylation sites is 2. The maximum Gasteiger partial charge on any atom is 0.412 e. The molecule has 0 aliphatic rings. The molecule has 2 atom stereocenters. The van der Waals surface area contributed by atoms with Crippen molar-refractivity contribution in [2.45, 2.75) is 32.0 Å². The number of halogens is 2. The van der Waals surface area contributed by atoms with E-state index in [1.807, 2.05) is 6.92 Å². The highest BCUT2D eigenvalue weighted by atomic mass is 79.9. The van der Waals surface area contributed by atoms with E-state index in [-0.39, 0.29) is 11.7 Å². The molecule has 0 radical (unpaired) electrons. The molecule has 0 aromatic heterocycles. The summed E-state index contributed by atoms with van der Waals surface area (Å²) in [6.45, 7) is 2.19. The Hall–Kier alpha value is -3.34. The van der Waals surface area contributed by atoms with E-state index in [0.29, 0.717) is 46.5 Å². The first-order valence-electron chi connectivity index (χ1n) is 11.9. The molecule has 0 heterocycles. The summed E-state index contributed by atoms with van der Waals surface area (Å²) < 4.78 is 13.3. The predicted octanol–water partition coefficient (Wildman–Crippen LogP) is 7.17. The fraction of sp³-hybridized carbons (Fsp3) is 0.214. The summed E-state index contributed by atoms with van der Waals surface area (Å²) in [5, 5.41) is 16.0. The number of benzene rings is 3. The van der Waals surface area contributed by atoms with E-state index in [4.69, 9.17) is 15.2 Å². The van der Waals surface area contributed by atoms with Crippen LogP contribution in [0.25, 0.3) is 0 Å². The lowest BCUT2D eigenvalue weighted by atomic mass is 9.99. The smallest absolute Gasteiger partial charge is 0.412 e. The molecule has 8 nitrogen and oxygen atoms in total. The number of ether oxygens (including phenoxy) is 2. The first-order valence-corrected chi connectivity index (χ1v) is 13.5. The van der Waals surface area contributed by atoms with Gasteiger partial charge in [0, 0.05) is 26.8 Å². The average Bonchev–Trinajstić information content (AvgIpc) is 2.89. The summed E-state index contributed by atoms with van der Waals surface area (Å²) in [6, 6.07) is 18.9. The first-order chi connectivity index (χ1) is 18.3. The quantitative estimate of drug-likeness (QED) is 0.129. The van der Waals surface area contributed by atoms with Gasteiger partial charge in [-0.25, -0.2) is 4.79 Å². The van der Waals surface area contributed by atoms with Crippen molar-refractivity contribution in [2.75, 3.05) is 23.0 Å². The van der Waals surface area contributed by atoms with Gasteiger partial charge in [-0.15, -0.1) is 0 Å². The molecule has 3 aromatic carbocycles. The third kappa shape index (κ3) is 8.90. The van der Waals surface area contributed by atoms with Crippen LogP contribution in [0.5, 0.6) is 5.75 Å². The number of carbonyl (C=O) groups is 2. The molecule has 0 saturated heterocycles. The van der Waals surface area contributed by atoms with E-state index in [0.717, 1.165) is 4.47 Å². The second-order valence-electron chi connectivity index (χ2n) is 8.21. The minimum atomic E-state index is -0.922. The maximum atomic E-state index is 12.8. The Balaban J connectivity index is 1.73. The number of carbonyl (C=O) groups excluding carboxylic acids is 2. The molecule has 3 rings (SSSR count). The van der Waals surface area contributed by atoms with Gasteiger partial charge in [-0.1, -0.05) is 50.1 Å². The normalized spacial score (nSPS) is 12.6. The number of rotatable bonds is 11. The lowest BCUT2D eigenvalue weighted by Crippen LogP contribution is -2.29. The van der Waals surface area contributed by atoms with E-state index in [1.54, 1.807) is 66.7 Å². The Bertz CT molecular complexity index is 1270. The molecule has 200 valence electrons. The van der Waals surface area contributed by atoms with Crippen molar-refractivity contribution in [3.8, 4) is 5.75 Å². The van der Waals surface area contributed by atoms with Crippen molar-refractivity contribution in [1.29, 1.82) is 0 Å². The van der Waals surface area contributed by atoms with Crippen LogP contribution in [0.1, 0.15) is 31.4 Å². The molecule has 0 bridgehead atoms. The number of nitrogens with two attached hydrogens (primary N) is 1. The minimum absolute atomic E-state index is 0.0327. The van der Waals surface area contributed by atoms with E-state index < -0.39 is 18.3 Å². The first kappa shape index (κ1) is 29.2. The Kier molecular flexibility index (Phi) is 11.2. The summed E-state index contributed by atoms with van der Waals surface area (Å²) in [5.74, 6) is -0.350. The molecule has 5 N–H and O–H groups in total. The third-order valence-corrected chi connectivity index (χ3v) is 6.47. The minimum Gasteiger partial charge on any atom is -0.508 e. The van der Waals surface area contributed by atoms with Crippen molar-refractivity contribution in [1.82, 2.24) is 0 Å². The van der Waals surface area contributed by atoms with Gasteiger partial charge in [0.2, 0.25) is 5.91 Å². The van der Waals surface area contributed by atoms with Crippen LogP contribution < -0.4 is 16.4 Å². The van der Waals surface area contributed by atoms with Crippen molar-refractivity contribution >= 4 is 60.9 Å². The SMILES string of the molecule is CCO[C@H](CC/C=C/C(=O)Nc1ccccc1N)[C@H](OC(=O)Nc1ccc(Br)cc1)c1cc(Br)ccc1O. The molecule has 2 amide bonds. The van der Waals surface area contributed by atoms with Crippen LogP contribution in [0.3, 0.4) is 0 Å². The van der Waals surface area contributed by atoms with Gasteiger partial charge in [0.05, 0.1) is 17.5 Å². The van der Waals surface area contributed by atoms with Gasteiger partial charge >= 0.3 is 6.09 Å². The average molecular weight is 647 g/mol. The lowest BCUT2D eigenvalue weighted by Gasteiger charge is -2.28. The molecular formula is C28H29Br2N3O5. The maximum absolute atomic E-state index is 12.8. The van der Waals surface area contributed by atoms with Crippen LogP contribution in [0.2, 0.25) is 0 Å². The topological polar surface area (TPSA) is 123 Å². The number of hydrogen-bond acceptors (Lipinski definition) is 6. The number of hydrogen-bond donors (Lipinski definition) is 4. The van der Waals surface area contributed by atoms with Crippen LogP contribution in [0.4, 0.5) is 21.9 Å². The van der Waals surface area contributed by atoms with Gasteiger partial charge in [-0.3, -0.25) is 10.1 Å². The number of nitrogens with one attached hydrogen (secondary N) is 2. The molecule has 10 heteroatoms. The second kappa shape index (κ2) is 14.6. The Morgan fingerprint density at radius 1 is 1.03 bits per heavy atom. The number of nitrogen functional groups attached to an aromatic ring is 1. The molecule has 0 saturated carbocycles. The van der Waals surface area contributed by atoms with Gasteiger partial charge in [-0.05, 0) is 80.4 Å². The highest BCUT2D eigenvalue weighted by Crippen LogP contribution is 2.35. The van der Waals surface area contributed by atoms with E-state index in [2.05, 4.69) is 42.5 Å². The fourth-order valence-electron chi connectivity index (χ4n) is 3.66. The Morgan fingerprint density at radius 3 is 2.45 bits per heavy atom. The summed E-state index contributed by atoms with van der Waals surface area (Å²) in [6.07, 6.45) is 1.76. The molecule has 0 spiro atoms. The van der Waals surface area contributed by atoms with Crippen LogP contribution in [0.15, 0.2) is 87.8 Å². The van der Waals surface area contributed by atoms with Crippen LogP contribution in [-0.4, -0.2) is 29.8 Å². The number of amides is 2. The van der Waals surface area contributed by atoms with Crippen molar-refractivity contribution in [3.63, 3.8) is 0 Å². The van der Waals surface area contributed by atoms with Gasteiger partial charge in [-0.2, -0.15) is 0 Å². The molecule has 3 aromatic rings. The van der Waals surface area contributed by atoms with Gasteiger partial charge in [0.25, 0.3) is 0 Å². The van der Waals surface area contributed by atoms with E-state index >= 15 is 0 Å². The standard InChI is InChI=1S/C28H29Br2N3O5/c1-2-37-25(9-5-6-10-26(35)33-23-8-4-3-7-22(23)31)27(21-17-19(30)13-16-24(21)34)38-28(36)32-20-14-11-18(29)12-15-20/h3-4,6-8,10-17,25,27,34H,2,5,9,31H2,1H3,(H,32,36)(H,33,35)/b10-6+/t25-,27-/m1/s1. The largest absolute Gasteiger partial charge is 0.508 e. The van der Waals surface area contributed by atoms with Gasteiger partial charge in [0.1, 0.15) is 5.75 Å². The summed E-state index contributed by atoms with van der Waals surface area (Å²) in [5.41, 5.74) is 7.83. The fourth-order valence-corrected chi connectivity index (χ4v) is 4.30. The summed E-state index contributed by atoms with van der Waals surface area (Å²) in [7, 11) is 0. The van der Waals surface area contributed by atoms with Crippen LogP contribution in [0, 0.1) is 0 Å². The number of aromatic hydroxyl groups is 1. The molecule has 0 aliphatic heterocycles. The number of phenols is 1. The molecular weight excluding hydrogens is 618 g/mol. The van der Waals surface area contributed by atoms with Crippen molar-refractivity contribution in [2.24, 2.45) is 0 Å². The lowest BCUT2D eigenvalue weighted by molar-refractivity contribution is -0.111. The van der Waals surface area contributed by atoms with E-state index in [1.165, 1.54) is 12.1 Å². The monoisotopic (exact) mass is 645 g/mol. The Morgan fingerprint density at radius 2 is 1.74 bits per heavy atom. The number of anilines is 3. The van der Waals surface area contributed by atoms with Crippen LogP contribution >= 0.6 is 31.9 Å². The molecule has 0 aliphatic carbocycles. The van der Waals surface area contributed by atoms with Gasteiger partial charge in [0.15, 0.2) is 6.10 Å². The second-order valence-corrected chi connectivity index (χ2v) is 10.0. The highest BCUT2D eigenvalue weighted by molar-refractivity contribution is 9.10. The van der Waals surface area contributed by atoms with Gasteiger partial charge < -0.3 is 25.6 Å². The summed E-state index contributed by atoms with van der Waals surface area (Å²) in [4.78, 5) is 25.1. The number of allylic oxidation sites excluding steroid dienone is 1. The highest BCUT2D eigenvalue weighted by Gasteiger charge is 2.30. The zero-order chi connectivity index (χ0) is 27.5. The Labute approximate surface area is 238 Å². The zero-order valence-electron chi connectivity index (χ0n) is 20.7. The molecule has 0 unspecified atom stereocenters.